The van der Waals surface area contributed by atoms with Crippen LogP contribution in [-0.4, -0.2) is 29.7 Å². The van der Waals surface area contributed by atoms with Gasteiger partial charge in [-0.2, -0.15) is 0 Å². The van der Waals surface area contributed by atoms with Crippen LogP contribution < -0.4 is 15.4 Å². The van der Waals surface area contributed by atoms with Gasteiger partial charge < -0.3 is 15.4 Å². The van der Waals surface area contributed by atoms with Gasteiger partial charge in [0.1, 0.15) is 23.7 Å². The zero-order valence-electron chi connectivity index (χ0n) is 14.3. The lowest BCUT2D eigenvalue weighted by atomic mass is 9.95. The van der Waals surface area contributed by atoms with Gasteiger partial charge in [-0.05, 0) is 37.0 Å². The van der Waals surface area contributed by atoms with E-state index in [1.807, 2.05) is 18.2 Å². The summed E-state index contributed by atoms with van der Waals surface area (Å²) < 4.78 is 5.26. The summed E-state index contributed by atoms with van der Waals surface area (Å²) in [5.41, 5.74) is 1.25. The summed E-state index contributed by atoms with van der Waals surface area (Å²) in [4.78, 5) is 8.65. The second-order valence-corrected chi connectivity index (χ2v) is 6.30. The van der Waals surface area contributed by atoms with Gasteiger partial charge in [0, 0.05) is 18.7 Å². The third kappa shape index (κ3) is 4.85. The molecular weight excluding hydrogens is 300 g/mol. The Kier molecular flexibility index (Phi) is 5.88. The van der Waals surface area contributed by atoms with E-state index in [0.29, 0.717) is 6.04 Å². The first-order valence-electron chi connectivity index (χ1n) is 8.79. The molecule has 0 amide bonds. The van der Waals surface area contributed by atoms with E-state index in [0.717, 1.165) is 30.4 Å². The Morgan fingerprint density at radius 2 is 1.92 bits per heavy atom. The van der Waals surface area contributed by atoms with Gasteiger partial charge in [0.15, 0.2) is 0 Å². The average Bonchev–Trinajstić information content (AvgIpc) is 2.63. The van der Waals surface area contributed by atoms with E-state index < -0.39 is 0 Å². The van der Waals surface area contributed by atoms with E-state index in [-0.39, 0.29) is 0 Å². The molecule has 0 unspecified atom stereocenters. The van der Waals surface area contributed by atoms with Crippen LogP contribution in [0.15, 0.2) is 36.7 Å². The molecule has 1 aliphatic rings. The summed E-state index contributed by atoms with van der Waals surface area (Å²) >= 11 is 0. The lowest BCUT2D eigenvalue weighted by molar-refractivity contribution is 0.414. The minimum absolute atomic E-state index is 0.554. The first-order valence-corrected chi connectivity index (χ1v) is 8.79. The maximum atomic E-state index is 5.26. The Hall–Kier alpha value is -2.30. The fraction of sp³-hybridized carbons (Fsp3) is 0.474. The SMILES string of the molecule is COc1cccc(CCNc2cc(NC3CCCCC3)ncn2)c1. The molecule has 0 bridgehead atoms. The van der Waals surface area contributed by atoms with E-state index in [4.69, 9.17) is 4.74 Å². The number of methoxy groups -OCH3 is 1. The number of benzene rings is 1. The highest BCUT2D eigenvalue weighted by Gasteiger charge is 2.13. The van der Waals surface area contributed by atoms with Crippen molar-refractivity contribution < 1.29 is 4.74 Å². The second kappa shape index (κ2) is 8.52. The molecule has 1 aromatic heterocycles. The van der Waals surface area contributed by atoms with Gasteiger partial charge in [-0.15, -0.1) is 0 Å². The minimum atomic E-state index is 0.554. The lowest BCUT2D eigenvalue weighted by Crippen LogP contribution is -2.23. The van der Waals surface area contributed by atoms with Crippen molar-refractivity contribution in [3.05, 3.63) is 42.2 Å². The van der Waals surface area contributed by atoms with E-state index in [1.165, 1.54) is 37.7 Å². The molecule has 2 aromatic rings. The van der Waals surface area contributed by atoms with Gasteiger partial charge in [-0.3, -0.25) is 0 Å². The van der Waals surface area contributed by atoms with Crippen LogP contribution in [0.25, 0.3) is 0 Å². The molecule has 2 N–H and O–H groups in total. The highest BCUT2D eigenvalue weighted by molar-refractivity contribution is 5.47. The van der Waals surface area contributed by atoms with Crippen molar-refractivity contribution in [2.75, 3.05) is 24.3 Å². The summed E-state index contributed by atoms with van der Waals surface area (Å²) in [6.45, 7) is 0.826. The van der Waals surface area contributed by atoms with Gasteiger partial charge in [0.05, 0.1) is 7.11 Å². The number of rotatable bonds is 7. The van der Waals surface area contributed by atoms with Crippen molar-refractivity contribution in [2.24, 2.45) is 0 Å². The Balaban J connectivity index is 1.50. The number of aromatic nitrogens is 2. The van der Waals surface area contributed by atoms with Gasteiger partial charge in [-0.25, -0.2) is 9.97 Å². The summed E-state index contributed by atoms with van der Waals surface area (Å²) in [6.07, 6.45) is 9.01. The maximum Gasteiger partial charge on any atom is 0.131 e. The maximum absolute atomic E-state index is 5.26. The molecule has 1 saturated carbocycles. The van der Waals surface area contributed by atoms with E-state index in [2.05, 4.69) is 32.7 Å². The average molecular weight is 326 g/mol. The molecule has 0 aliphatic heterocycles. The first-order chi connectivity index (χ1) is 11.8. The molecule has 0 saturated heterocycles. The van der Waals surface area contributed by atoms with Gasteiger partial charge >= 0.3 is 0 Å². The molecule has 1 heterocycles. The number of hydrogen-bond donors (Lipinski definition) is 2. The molecule has 1 fully saturated rings. The normalized spacial score (nSPS) is 15.0. The first kappa shape index (κ1) is 16.6. The number of nitrogens with one attached hydrogen (secondary N) is 2. The molecule has 1 aliphatic carbocycles. The van der Waals surface area contributed by atoms with Crippen LogP contribution >= 0.6 is 0 Å². The van der Waals surface area contributed by atoms with Gasteiger partial charge in [0.2, 0.25) is 0 Å². The molecule has 0 radical (unpaired) electrons. The largest absolute Gasteiger partial charge is 0.497 e. The molecule has 5 nitrogen and oxygen atoms in total. The van der Waals surface area contributed by atoms with Crippen LogP contribution in [0.5, 0.6) is 5.75 Å². The van der Waals surface area contributed by atoms with Crippen LogP contribution in [0.2, 0.25) is 0 Å². The van der Waals surface area contributed by atoms with E-state index in [1.54, 1.807) is 13.4 Å². The molecule has 5 heteroatoms. The monoisotopic (exact) mass is 326 g/mol. The van der Waals surface area contributed by atoms with Crippen LogP contribution in [0.4, 0.5) is 11.6 Å². The summed E-state index contributed by atoms with van der Waals surface area (Å²) in [5.74, 6) is 2.68. The van der Waals surface area contributed by atoms with Crippen LogP contribution in [0, 0.1) is 0 Å². The Morgan fingerprint density at radius 1 is 1.08 bits per heavy atom. The Labute approximate surface area is 143 Å². The molecule has 128 valence electrons. The second-order valence-electron chi connectivity index (χ2n) is 6.30. The van der Waals surface area contributed by atoms with Crippen LogP contribution in [-0.2, 0) is 6.42 Å². The summed E-state index contributed by atoms with van der Waals surface area (Å²) in [7, 11) is 1.69. The number of nitrogens with zero attached hydrogens (tertiary/aromatic N) is 2. The molecular formula is C19H26N4O. The quantitative estimate of drug-likeness (QED) is 0.808. The van der Waals surface area contributed by atoms with Crippen molar-refractivity contribution in [1.82, 2.24) is 9.97 Å². The minimum Gasteiger partial charge on any atom is -0.497 e. The van der Waals surface area contributed by atoms with E-state index >= 15 is 0 Å². The molecule has 24 heavy (non-hydrogen) atoms. The van der Waals surface area contributed by atoms with Crippen LogP contribution in [0.3, 0.4) is 0 Å². The lowest BCUT2D eigenvalue weighted by Gasteiger charge is -2.23. The van der Waals surface area contributed by atoms with Crippen molar-refractivity contribution in [1.29, 1.82) is 0 Å². The van der Waals surface area contributed by atoms with Crippen molar-refractivity contribution in [2.45, 2.75) is 44.6 Å². The third-order valence-corrected chi connectivity index (χ3v) is 4.48. The zero-order chi connectivity index (χ0) is 16.6. The molecule has 3 rings (SSSR count). The number of ether oxygens (including phenoxy) is 1. The van der Waals surface area contributed by atoms with Crippen molar-refractivity contribution in [3.8, 4) is 5.75 Å². The molecule has 0 atom stereocenters. The molecule has 0 spiro atoms. The Morgan fingerprint density at radius 3 is 2.75 bits per heavy atom. The van der Waals surface area contributed by atoms with Crippen LogP contribution in [0.1, 0.15) is 37.7 Å². The van der Waals surface area contributed by atoms with E-state index in [9.17, 15) is 0 Å². The standard InChI is InChI=1S/C19H26N4O/c1-24-17-9-5-6-15(12-17)10-11-20-18-13-19(22-14-21-18)23-16-7-3-2-4-8-16/h5-6,9,12-14,16H,2-4,7-8,10-11H2,1H3,(H2,20,21,22,23). The number of hydrogen-bond acceptors (Lipinski definition) is 5. The summed E-state index contributed by atoms with van der Waals surface area (Å²) in [6, 6.07) is 10.7. The third-order valence-electron chi connectivity index (χ3n) is 4.48. The smallest absolute Gasteiger partial charge is 0.131 e. The fourth-order valence-corrected chi connectivity index (χ4v) is 3.15. The highest BCUT2D eigenvalue weighted by atomic mass is 16.5. The fourth-order valence-electron chi connectivity index (χ4n) is 3.15. The predicted octanol–water partition coefficient (Wildman–Crippen LogP) is 3.88. The molecule has 1 aromatic carbocycles. The van der Waals surface area contributed by atoms with Gasteiger partial charge in [-0.1, -0.05) is 31.4 Å². The summed E-state index contributed by atoms with van der Waals surface area (Å²) in [5, 5.41) is 6.91. The Bertz CT molecular complexity index is 641. The predicted molar refractivity (Wildman–Crippen MR) is 97.7 cm³/mol. The topological polar surface area (TPSA) is 59.1 Å². The van der Waals surface area contributed by atoms with Crippen molar-refractivity contribution >= 4 is 11.6 Å². The zero-order valence-corrected chi connectivity index (χ0v) is 14.3. The highest BCUT2D eigenvalue weighted by Crippen LogP contribution is 2.21. The van der Waals surface area contributed by atoms with Crippen molar-refractivity contribution in [3.63, 3.8) is 0 Å². The van der Waals surface area contributed by atoms with Gasteiger partial charge in [0.25, 0.3) is 0 Å². The number of anilines is 2.